The first-order valence-corrected chi connectivity index (χ1v) is 5.62. The van der Waals surface area contributed by atoms with Crippen molar-refractivity contribution in [3.63, 3.8) is 0 Å². The zero-order chi connectivity index (χ0) is 10.7. The molecule has 15 heavy (non-hydrogen) atoms. The molecule has 0 N–H and O–H groups in total. The van der Waals surface area contributed by atoms with E-state index in [0.29, 0.717) is 0 Å². The van der Waals surface area contributed by atoms with Gasteiger partial charge in [0, 0.05) is 0 Å². The molecule has 76 valence electrons. The summed E-state index contributed by atoms with van der Waals surface area (Å²) in [4.78, 5) is 0. The number of hydrogen-bond acceptors (Lipinski definition) is 2. The second kappa shape index (κ2) is 4.32. The van der Waals surface area contributed by atoms with Gasteiger partial charge in [0.2, 0.25) is 0 Å². The van der Waals surface area contributed by atoms with Crippen LogP contribution in [0.1, 0.15) is 5.56 Å². The Morgan fingerprint density at radius 1 is 1.33 bits per heavy atom. The minimum absolute atomic E-state index is 0.877. The fraction of sp³-hybridized carbons (Fsp3) is 0.0769. The molecule has 1 aromatic carbocycles. The molecule has 0 spiro atoms. The Hall–Kier alpha value is -1.54. The van der Waals surface area contributed by atoms with Crippen molar-refractivity contribution in [2.24, 2.45) is 0 Å². The van der Waals surface area contributed by atoms with E-state index in [1.165, 1.54) is 11.1 Å². The van der Waals surface area contributed by atoms with Gasteiger partial charge in [0.05, 0.1) is 7.11 Å². The molecule has 2 aromatic rings. The number of benzene rings is 1. The highest BCUT2D eigenvalue weighted by Gasteiger charge is 2.04. The molecule has 0 atom stereocenters. The summed E-state index contributed by atoms with van der Waals surface area (Å²) in [5.74, 6) is 0.877. The number of rotatable bonds is 3. The lowest BCUT2D eigenvalue weighted by molar-refractivity contribution is 0.415. The predicted molar refractivity (Wildman–Crippen MR) is 66.4 cm³/mol. The maximum Gasteiger partial charge on any atom is 0.119 e. The van der Waals surface area contributed by atoms with E-state index in [2.05, 4.69) is 23.4 Å². The summed E-state index contributed by atoms with van der Waals surface area (Å²) >= 11 is 1.69. The van der Waals surface area contributed by atoms with Crippen molar-refractivity contribution in [1.29, 1.82) is 0 Å². The quantitative estimate of drug-likeness (QED) is 0.751. The van der Waals surface area contributed by atoms with Gasteiger partial charge in [0.1, 0.15) is 5.75 Å². The van der Waals surface area contributed by atoms with Gasteiger partial charge in [-0.15, -0.1) is 0 Å². The summed E-state index contributed by atoms with van der Waals surface area (Å²) in [6.45, 7) is 3.82. The molecule has 0 aliphatic rings. The zero-order valence-electron chi connectivity index (χ0n) is 8.57. The Morgan fingerprint density at radius 2 is 2.20 bits per heavy atom. The van der Waals surface area contributed by atoms with Crippen LogP contribution in [-0.2, 0) is 0 Å². The number of methoxy groups -OCH3 is 1. The number of ether oxygens (including phenoxy) is 1. The average Bonchev–Trinajstić information content (AvgIpc) is 2.81. The maximum absolute atomic E-state index is 5.22. The Balaban J connectivity index is 2.56. The zero-order valence-corrected chi connectivity index (χ0v) is 9.38. The third-order valence-electron chi connectivity index (χ3n) is 2.31. The Morgan fingerprint density at radius 3 is 2.80 bits per heavy atom. The summed E-state index contributed by atoms with van der Waals surface area (Å²) in [6, 6.07) is 8.12. The fourth-order valence-corrected chi connectivity index (χ4v) is 2.16. The molecule has 0 amide bonds. The maximum atomic E-state index is 5.22. The van der Waals surface area contributed by atoms with E-state index in [1.807, 2.05) is 24.3 Å². The first kappa shape index (κ1) is 9.99. The molecule has 0 bridgehead atoms. The standard InChI is InChI=1S/C13H12OS/c1-3-10-4-5-12(14-2)8-13(10)11-6-7-15-9-11/h3-9H,1H2,2H3. The van der Waals surface area contributed by atoms with Gasteiger partial charge < -0.3 is 4.74 Å². The predicted octanol–water partition coefficient (Wildman–Crippen LogP) is 4.07. The van der Waals surface area contributed by atoms with Crippen LogP contribution >= 0.6 is 11.3 Å². The van der Waals surface area contributed by atoms with Crippen LogP contribution in [0.25, 0.3) is 17.2 Å². The highest BCUT2D eigenvalue weighted by Crippen LogP contribution is 2.30. The summed E-state index contributed by atoms with van der Waals surface area (Å²) < 4.78 is 5.22. The van der Waals surface area contributed by atoms with Crippen LogP contribution in [0.3, 0.4) is 0 Å². The van der Waals surface area contributed by atoms with Crippen molar-refractivity contribution in [3.8, 4) is 16.9 Å². The van der Waals surface area contributed by atoms with Gasteiger partial charge in [-0.05, 0) is 45.6 Å². The van der Waals surface area contributed by atoms with Gasteiger partial charge in [-0.25, -0.2) is 0 Å². The van der Waals surface area contributed by atoms with Crippen LogP contribution in [0, 0.1) is 0 Å². The first-order chi connectivity index (χ1) is 7.35. The topological polar surface area (TPSA) is 9.23 Å². The summed E-state index contributed by atoms with van der Waals surface area (Å²) in [6.07, 6.45) is 1.87. The monoisotopic (exact) mass is 216 g/mol. The van der Waals surface area contributed by atoms with Crippen molar-refractivity contribution < 1.29 is 4.74 Å². The van der Waals surface area contributed by atoms with Crippen LogP contribution in [0.4, 0.5) is 0 Å². The average molecular weight is 216 g/mol. The Labute approximate surface area is 93.6 Å². The van der Waals surface area contributed by atoms with E-state index in [0.717, 1.165) is 11.3 Å². The van der Waals surface area contributed by atoms with Gasteiger partial charge in [0.25, 0.3) is 0 Å². The Kier molecular flexibility index (Phi) is 2.88. The lowest BCUT2D eigenvalue weighted by Crippen LogP contribution is -1.86. The van der Waals surface area contributed by atoms with E-state index in [9.17, 15) is 0 Å². The molecule has 1 heterocycles. The minimum atomic E-state index is 0.877. The number of thiophene rings is 1. The molecule has 0 aliphatic heterocycles. The van der Waals surface area contributed by atoms with Crippen molar-refractivity contribution in [2.45, 2.75) is 0 Å². The van der Waals surface area contributed by atoms with Gasteiger partial charge >= 0.3 is 0 Å². The van der Waals surface area contributed by atoms with Crippen molar-refractivity contribution in [2.75, 3.05) is 7.11 Å². The molecule has 0 unspecified atom stereocenters. The fourth-order valence-electron chi connectivity index (χ4n) is 1.51. The molecule has 0 saturated carbocycles. The molecule has 0 radical (unpaired) electrons. The SMILES string of the molecule is C=Cc1ccc(OC)cc1-c1ccsc1. The third kappa shape index (κ3) is 1.95. The molecule has 2 rings (SSSR count). The Bertz CT molecular complexity index is 457. The first-order valence-electron chi connectivity index (χ1n) is 4.68. The van der Waals surface area contributed by atoms with Crippen LogP contribution in [0.15, 0.2) is 41.6 Å². The molecule has 1 nitrogen and oxygen atoms in total. The van der Waals surface area contributed by atoms with Crippen molar-refractivity contribution in [1.82, 2.24) is 0 Å². The normalized spacial score (nSPS) is 9.93. The van der Waals surface area contributed by atoms with Crippen molar-refractivity contribution >= 4 is 17.4 Å². The highest BCUT2D eigenvalue weighted by atomic mass is 32.1. The summed E-state index contributed by atoms with van der Waals surface area (Å²) in [5.41, 5.74) is 3.52. The van der Waals surface area contributed by atoms with E-state index in [-0.39, 0.29) is 0 Å². The van der Waals surface area contributed by atoms with Crippen molar-refractivity contribution in [3.05, 3.63) is 47.2 Å². The number of hydrogen-bond donors (Lipinski definition) is 0. The lowest BCUT2D eigenvalue weighted by atomic mass is 10.0. The van der Waals surface area contributed by atoms with E-state index in [4.69, 9.17) is 4.74 Å². The molecular formula is C13H12OS. The second-order valence-corrected chi connectivity index (χ2v) is 3.95. The molecule has 1 aromatic heterocycles. The van der Waals surface area contributed by atoms with Gasteiger partial charge in [-0.3, -0.25) is 0 Å². The smallest absolute Gasteiger partial charge is 0.119 e. The highest BCUT2D eigenvalue weighted by molar-refractivity contribution is 7.08. The van der Waals surface area contributed by atoms with Gasteiger partial charge in [0.15, 0.2) is 0 Å². The van der Waals surface area contributed by atoms with E-state index >= 15 is 0 Å². The van der Waals surface area contributed by atoms with Gasteiger partial charge in [-0.2, -0.15) is 11.3 Å². The summed E-state index contributed by atoms with van der Waals surface area (Å²) in [5, 5.41) is 4.20. The molecule has 0 fully saturated rings. The van der Waals surface area contributed by atoms with E-state index < -0.39 is 0 Å². The molecule has 2 heteroatoms. The lowest BCUT2D eigenvalue weighted by Gasteiger charge is -2.06. The molecule has 0 aliphatic carbocycles. The third-order valence-corrected chi connectivity index (χ3v) is 3.00. The van der Waals surface area contributed by atoms with Gasteiger partial charge in [-0.1, -0.05) is 18.7 Å². The van der Waals surface area contributed by atoms with E-state index in [1.54, 1.807) is 18.4 Å². The van der Waals surface area contributed by atoms with Crippen LogP contribution < -0.4 is 4.74 Å². The molecule has 0 saturated heterocycles. The van der Waals surface area contributed by atoms with Crippen LogP contribution in [0.2, 0.25) is 0 Å². The minimum Gasteiger partial charge on any atom is -0.497 e. The largest absolute Gasteiger partial charge is 0.497 e. The molecular weight excluding hydrogens is 204 g/mol. The second-order valence-electron chi connectivity index (χ2n) is 3.17. The van der Waals surface area contributed by atoms with Crippen LogP contribution in [0.5, 0.6) is 5.75 Å². The summed E-state index contributed by atoms with van der Waals surface area (Å²) in [7, 11) is 1.68. The van der Waals surface area contributed by atoms with Crippen LogP contribution in [-0.4, -0.2) is 7.11 Å².